The number of nitrogens with one attached hydrogen (secondary N) is 1. The number of hydrogen-bond acceptors (Lipinski definition) is 5. The molecule has 0 saturated carbocycles. The molecule has 2 aliphatic rings. The lowest BCUT2D eigenvalue weighted by molar-refractivity contribution is -0.130. The highest BCUT2D eigenvalue weighted by atomic mass is 19.1. The summed E-state index contributed by atoms with van der Waals surface area (Å²) in [6.45, 7) is 3.75. The first-order valence-corrected chi connectivity index (χ1v) is 10.9. The summed E-state index contributed by atoms with van der Waals surface area (Å²) in [6.07, 6.45) is 0.378. The van der Waals surface area contributed by atoms with Crippen LogP contribution >= 0.6 is 0 Å². The molecule has 33 heavy (non-hydrogen) atoms. The molecule has 4 rings (SSSR count). The van der Waals surface area contributed by atoms with Gasteiger partial charge in [0.25, 0.3) is 0 Å². The number of rotatable bonds is 6. The van der Waals surface area contributed by atoms with Crippen molar-refractivity contribution in [3.8, 4) is 0 Å². The minimum absolute atomic E-state index is 0.0656. The maximum atomic E-state index is 14.9. The van der Waals surface area contributed by atoms with Crippen LogP contribution in [0.3, 0.4) is 0 Å². The number of oxime groups is 1. The first-order chi connectivity index (χ1) is 15.9. The molecule has 2 aromatic carbocycles. The average Bonchev–Trinajstić information content (AvgIpc) is 3.27. The smallest absolute Gasteiger partial charge is 0.227 e. The van der Waals surface area contributed by atoms with E-state index in [0.29, 0.717) is 61.7 Å². The highest BCUT2D eigenvalue weighted by Crippen LogP contribution is 2.25. The fourth-order valence-corrected chi connectivity index (χ4v) is 4.04. The first-order valence-electron chi connectivity index (χ1n) is 10.9. The minimum Gasteiger partial charge on any atom is -0.390 e. The van der Waals surface area contributed by atoms with Gasteiger partial charge in [-0.2, -0.15) is 0 Å². The number of halogens is 2. The van der Waals surface area contributed by atoms with Gasteiger partial charge in [0, 0.05) is 45.1 Å². The number of nitrogens with zero attached hydrogens (tertiary/aromatic N) is 3. The Labute approximate surface area is 191 Å². The number of amides is 2. The van der Waals surface area contributed by atoms with Crippen molar-refractivity contribution in [1.82, 2.24) is 10.2 Å². The Balaban J connectivity index is 1.31. The van der Waals surface area contributed by atoms with E-state index in [-0.39, 0.29) is 36.0 Å². The maximum Gasteiger partial charge on any atom is 0.227 e. The Morgan fingerprint density at radius 1 is 1.12 bits per heavy atom. The minimum atomic E-state index is -0.361. The zero-order valence-electron chi connectivity index (χ0n) is 18.4. The highest BCUT2D eigenvalue weighted by molar-refractivity contribution is 6.01. The van der Waals surface area contributed by atoms with Crippen LogP contribution in [0.1, 0.15) is 24.5 Å². The van der Waals surface area contributed by atoms with Crippen LogP contribution in [0.4, 0.5) is 14.5 Å². The van der Waals surface area contributed by atoms with Crippen LogP contribution in [0.15, 0.2) is 47.6 Å². The van der Waals surface area contributed by atoms with Crippen molar-refractivity contribution >= 4 is 23.2 Å². The van der Waals surface area contributed by atoms with Crippen molar-refractivity contribution in [2.75, 3.05) is 37.6 Å². The van der Waals surface area contributed by atoms with Crippen molar-refractivity contribution in [2.24, 2.45) is 5.16 Å². The van der Waals surface area contributed by atoms with Gasteiger partial charge in [-0.3, -0.25) is 9.59 Å². The molecule has 1 saturated heterocycles. The molecule has 1 fully saturated rings. The Hall–Kier alpha value is -3.49. The van der Waals surface area contributed by atoms with Crippen molar-refractivity contribution in [2.45, 2.75) is 25.9 Å². The number of hydrogen-bond donors (Lipinski definition) is 1. The molecule has 9 heteroatoms. The van der Waals surface area contributed by atoms with E-state index in [1.807, 2.05) is 11.0 Å². The average molecular weight is 456 g/mol. The summed E-state index contributed by atoms with van der Waals surface area (Å²) >= 11 is 0. The topological polar surface area (TPSA) is 74.2 Å². The van der Waals surface area contributed by atoms with E-state index in [0.717, 1.165) is 0 Å². The molecule has 2 aromatic rings. The summed E-state index contributed by atoms with van der Waals surface area (Å²) < 4.78 is 28.3. The molecular weight excluding hydrogens is 430 g/mol. The molecule has 2 amide bonds. The summed E-state index contributed by atoms with van der Waals surface area (Å²) in [4.78, 5) is 32.6. The van der Waals surface area contributed by atoms with Gasteiger partial charge in [-0.05, 0) is 29.8 Å². The third-order valence-corrected chi connectivity index (χ3v) is 5.81. The van der Waals surface area contributed by atoms with Crippen molar-refractivity contribution in [1.29, 1.82) is 0 Å². The van der Waals surface area contributed by atoms with Crippen LogP contribution in [-0.2, 0) is 20.8 Å². The lowest BCUT2D eigenvalue weighted by Gasteiger charge is -2.36. The van der Waals surface area contributed by atoms with Gasteiger partial charge in [0.1, 0.15) is 17.7 Å². The highest BCUT2D eigenvalue weighted by Gasteiger charge is 2.25. The van der Waals surface area contributed by atoms with Crippen LogP contribution in [0.25, 0.3) is 0 Å². The van der Waals surface area contributed by atoms with E-state index >= 15 is 0 Å². The predicted octanol–water partition coefficient (Wildman–Crippen LogP) is 2.49. The molecule has 0 bridgehead atoms. The second-order valence-corrected chi connectivity index (χ2v) is 8.25. The largest absolute Gasteiger partial charge is 0.390 e. The van der Waals surface area contributed by atoms with Gasteiger partial charge in [-0.1, -0.05) is 23.4 Å². The second kappa shape index (κ2) is 9.97. The molecule has 174 valence electrons. The number of benzene rings is 2. The van der Waals surface area contributed by atoms with Gasteiger partial charge >= 0.3 is 0 Å². The van der Waals surface area contributed by atoms with Crippen LogP contribution < -0.4 is 10.2 Å². The fraction of sp³-hybridized carbons (Fsp3) is 0.375. The molecule has 2 heterocycles. The third kappa shape index (κ3) is 5.66. The Bertz CT molecular complexity index is 1070. The third-order valence-electron chi connectivity index (χ3n) is 5.81. The van der Waals surface area contributed by atoms with Crippen LogP contribution in [-0.4, -0.2) is 61.3 Å². The number of carbonyl (C=O) groups is 2. The van der Waals surface area contributed by atoms with E-state index in [9.17, 15) is 18.4 Å². The molecule has 7 nitrogen and oxygen atoms in total. The van der Waals surface area contributed by atoms with E-state index in [4.69, 9.17) is 4.84 Å². The quantitative estimate of drug-likeness (QED) is 0.725. The molecule has 0 aliphatic carbocycles. The monoisotopic (exact) mass is 456 g/mol. The Morgan fingerprint density at radius 2 is 1.91 bits per heavy atom. The molecular formula is C24H26F2N4O3. The maximum absolute atomic E-state index is 14.9. The van der Waals surface area contributed by atoms with Gasteiger partial charge in [0.2, 0.25) is 11.8 Å². The SMILES string of the molecule is CC(=O)NCC1CC(c2ccc(N3CCN(C(=O)Cc4cccc(F)c4)CC3)c(F)c2)=NO1. The van der Waals surface area contributed by atoms with Gasteiger partial charge in [0.05, 0.1) is 24.4 Å². The van der Waals surface area contributed by atoms with E-state index in [2.05, 4.69) is 10.5 Å². The second-order valence-electron chi connectivity index (χ2n) is 8.25. The molecule has 1 unspecified atom stereocenters. The predicted molar refractivity (Wildman–Crippen MR) is 120 cm³/mol. The summed E-state index contributed by atoms with van der Waals surface area (Å²) in [5.74, 6) is -0.926. The molecule has 1 N–H and O–H groups in total. The summed E-state index contributed by atoms with van der Waals surface area (Å²) in [5.41, 5.74) is 2.40. The first kappa shape index (κ1) is 22.7. The standard InChI is InChI=1S/C24H26F2N4O3/c1-16(31)27-15-20-14-22(28-33-20)18-5-6-23(21(26)13-18)29-7-9-30(10-8-29)24(32)12-17-3-2-4-19(25)11-17/h2-6,11,13,20H,7-10,12,14-15H2,1H3,(H,27,31). The number of piperazine rings is 1. The fourth-order valence-electron chi connectivity index (χ4n) is 4.04. The summed E-state index contributed by atoms with van der Waals surface area (Å²) in [6, 6.07) is 11.0. The van der Waals surface area contributed by atoms with E-state index < -0.39 is 0 Å². The summed E-state index contributed by atoms with van der Waals surface area (Å²) in [7, 11) is 0. The summed E-state index contributed by atoms with van der Waals surface area (Å²) in [5, 5.41) is 6.72. The lowest BCUT2D eigenvalue weighted by atomic mass is 10.0. The van der Waals surface area contributed by atoms with Gasteiger partial charge < -0.3 is 20.0 Å². The van der Waals surface area contributed by atoms with Crippen molar-refractivity contribution < 1.29 is 23.2 Å². The molecule has 1 atom stereocenters. The molecule has 0 spiro atoms. The Morgan fingerprint density at radius 3 is 2.61 bits per heavy atom. The molecule has 0 radical (unpaired) electrons. The van der Waals surface area contributed by atoms with Crippen LogP contribution in [0, 0.1) is 11.6 Å². The van der Waals surface area contributed by atoms with Crippen molar-refractivity contribution in [3.05, 3.63) is 65.2 Å². The molecule has 2 aliphatic heterocycles. The zero-order valence-corrected chi connectivity index (χ0v) is 18.4. The van der Waals surface area contributed by atoms with Crippen molar-refractivity contribution in [3.63, 3.8) is 0 Å². The van der Waals surface area contributed by atoms with Gasteiger partial charge in [-0.15, -0.1) is 0 Å². The van der Waals surface area contributed by atoms with Crippen LogP contribution in [0.2, 0.25) is 0 Å². The number of anilines is 1. The van der Waals surface area contributed by atoms with E-state index in [1.54, 1.807) is 23.1 Å². The van der Waals surface area contributed by atoms with E-state index in [1.165, 1.54) is 25.1 Å². The van der Waals surface area contributed by atoms with Gasteiger partial charge in [0.15, 0.2) is 0 Å². The Kier molecular flexibility index (Phi) is 6.86. The molecule has 0 aromatic heterocycles. The van der Waals surface area contributed by atoms with Crippen LogP contribution in [0.5, 0.6) is 0 Å². The van der Waals surface area contributed by atoms with Gasteiger partial charge in [-0.25, -0.2) is 8.78 Å². The zero-order chi connectivity index (χ0) is 23.4. The number of carbonyl (C=O) groups excluding carboxylic acids is 2. The normalized spacial score (nSPS) is 18.0. The lowest BCUT2D eigenvalue weighted by Crippen LogP contribution is -2.49.